The van der Waals surface area contributed by atoms with Gasteiger partial charge in [-0.2, -0.15) is 5.10 Å². The number of benzene rings is 3. The lowest BCUT2D eigenvalue weighted by molar-refractivity contribution is -0.132. The van der Waals surface area contributed by atoms with Crippen molar-refractivity contribution in [2.75, 3.05) is 6.61 Å². The lowest BCUT2D eigenvalue weighted by Crippen LogP contribution is -2.25. The first-order valence-corrected chi connectivity index (χ1v) is 11.9. The number of carbonyl (C=O) groups excluding carboxylic acids is 2. The lowest BCUT2D eigenvalue weighted by atomic mass is 10.1. The third-order valence-corrected chi connectivity index (χ3v) is 5.96. The van der Waals surface area contributed by atoms with Crippen LogP contribution >= 0.6 is 22.6 Å². The van der Waals surface area contributed by atoms with Crippen LogP contribution in [0.4, 0.5) is 0 Å². The number of pyridine rings is 1. The zero-order chi connectivity index (χ0) is 24.9. The van der Waals surface area contributed by atoms with E-state index in [1.54, 1.807) is 41.0 Å². The minimum absolute atomic E-state index is 0.0221. The maximum Gasteiger partial charge on any atom is 0.308 e. The van der Waals surface area contributed by atoms with Crippen LogP contribution in [0, 0.1) is 3.57 Å². The van der Waals surface area contributed by atoms with Gasteiger partial charge in [0, 0.05) is 17.7 Å². The molecule has 4 rings (SSSR count). The molecule has 0 fully saturated rings. The number of nitrogens with zero attached hydrogens (tertiary/aromatic N) is 2. The largest absolute Gasteiger partial charge is 0.490 e. The molecule has 0 bridgehead atoms. The number of para-hydroxylation sites is 2. The first-order valence-electron chi connectivity index (χ1n) is 10.9. The topological polar surface area (TPSA) is 99.0 Å². The summed E-state index contributed by atoms with van der Waals surface area (Å²) in [6.45, 7) is 3.52. The summed E-state index contributed by atoms with van der Waals surface area (Å²) in [4.78, 5) is 37.1. The van der Waals surface area contributed by atoms with Crippen LogP contribution in [-0.4, -0.2) is 29.3 Å². The number of ether oxygens (including phenoxy) is 2. The number of carbonyl (C=O) groups is 2. The van der Waals surface area contributed by atoms with E-state index in [-0.39, 0.29) is 17.9 Å². The van der Waals surface area contributed by atoms with Crippen molar-refractivity contribution < 1.29 is 19.1 Å². The van der Waals surface area contributed by atoms with Crippen molar-refractivity contribution in [1.29, 1.82) is 0 Å². The van der Waals surface area contributed by atoms with Gasteiger partial charge in [-0.1, -0.05) is 24.3 Å². The Hall–Kier alpha value is -3.73. The van der Waals surface area contributed by atoms with Gasteiger partial charge >= 0.3 is 5.97 Å². The van der Waals surface area contributed by atoms with Crippen molar-refractivity contribution in [2.45, 2.75) is 20.4 Å². The summed E-state index contributed by atoms with van der Waals surface area (Å²) in [5, 5.41) is 5.18. The number of aromatic nitrogens is 1. The van der Waals surface area contributed by atoms with Crippen LogP contribution in [0.5, 0.6) is 11.5 Å². The molecule has 1 N–H and O–H groups in total. The fourth-order valence-corrected chi connectivity index (χ4v) is 4.51. The van der Waals surface area contributed by atoms with Crippen LogP contribution in [-0.2, 0) is 16.1 Å². The fraction of sp³-hybridized carbons (Fsp3) is 0.154. The van der Waals surface area contributed by atoms with Crippen LogP contribution in [0.15, 0.2) is 70.6 Å². The van der Waals surface area contributed by atoms with Crippen molar-refractivity contribution in [3.05, 3.63) is 80.0 Å². The van der Waals surface area contributed by atoms with Crippen LogP contribution < -0.4 is 20.3 Å². The van der Waals surface area contributed by atoms with Gasteiger partial charge in [0.05, 0.1) is 27.4 Å². The summed E-state index contributed by atoms with van der Waals surface area (Å²) < 4.78 is 13.3. The van der Waals surface area contributed by atoms with E-state index in [2.05, 4.69) is 10.5 Å². The highest BCUT2D eigenvalue weighted by Gasteiger charge is 2.15. The molecule has 0 saturated heterocycles. The molecule has 0 aliphatic rings. The van der Waals surface area contributed by atoms with E-state index in [1.165, 1.54) is 13.1 Å². The maximum absolute atomic E-state index is 12.9. The molecule has 0 aliphatic carbocycles. The highest BCUT2D eigenvalue weighted by Crippen LogP contribution is 2.34. The first kappa shape index (κ1) is 24.4. The number of fused-ring (bicyclic) bond motifs is 2. The Morgan fingerprint density at radius 1 is 1.06 bits per heavy atom. The van der Waals surface area contributed by atoms with Gasteiger partial charge in [0.1, 0.15) is 6.54 Å². The number of hydrogen-bond donors (Lipinski definition) is 1. The van der Waals surface area contributed by atoms with E-state index in [1.807, 2.05) is 53.8 Å². The smallest absolute Gasteiger partial charge is 0.308 e. The van der Waals surface area contributed by atoms with Crippen LogP contribution in [0.3, 0.4) is 0 Å². The molecule has 8 nitrogen and oxygen atoms in total. The zero-order valence-electron chi connectivity index (χ0n) is 19.1. The standard InChI is InChI=1S/C26H22IN3O5/c1-3-34-23-13-17(12-20(27)26(23)35-16(2)31)14-28-29-24(32)15-30-21-10-6-4-8-18(21)25(33)19-9-5-7-11-22(19)30/h4-14H,3,15H2,1-2H3,(H,29,32)/b28-14-. The van der Waals surface area contributed by atoms with E-state index in [0.717, 1.165) is 0 Å². The number of hydrazone groups is 1. The Kier molecular flexibility index (Phi) is 7.45. The van der Waals surface area contributed by atoms with E-state index in [0.29, 0.717) is 49.0 Å². The molecule has 3 aromatic carbocycles. The molecule has 1 aromatic heterocycles. The SMILES string of the molecule is CCOc1cc(/C=N\NC(=O)Cn2c3ccccc3c(=O)c3ccccc32)cc(I)c1OC(C)=O. The summed E-state index contributed by atoms with van der Waals surface area (Å²) in [6.07, 6.45) is 1.49. The Balaban J connectivity index is 1.58. The molecule has 9 heteroatoms. The first-order chi connectivity index (χ1) is 16.9. The monoisotopic (exact) mass is 583 g/mol. The second-order valence-corrected chi connectivity index (χ2v) is 8.76. The molecule has 178 valence electrons. The van der Waals surface area contributed by atoms with Gasteiger partial charge in [-0.3, -0.25) is 14.4 Å². The van der Waals surface area contributed by atoms with Crippen LogP contribution in [0.1, 0.15) is 19.4 Å². The van der Waals surface area contributed by atoms with Gasteiger partial charge in [0.2, 0.25) is 0 Å². The van der Waals surface area contributed by atoms with E-state index >= 15 is 0 Å². The number of hydrogen-bond acceptors (Lipinski definition) is 6. The summed E-state index contributed by atoms with van der Waals surface area (Å²) >= 11 is 2.05. The van der Waals surface area contributed by atoms with Gasteiger partial charge < -0.3 is 14.0 Å². The molecule has 4 aromatic rings. The Bertz CT molecular complexity index is 1470. The molecule has 1 amide bonds. The van der Waals surface area contributed by atoms with Crippen LogP contribution in [0.2, 0.25) is 0 Å². The van der Waals surface area contributed by atoms with Crippen molar-refractivity contribution in [1.82, 2.24) is 9.99 Å². The van der Waals surface area contributed by atoms with Gasteiger partial charge in [0.25, 0.3) is 5.91 Å². The quantitative estimate of drug-likeness (QED) is 0.0877. The molecule has 0 atom stereocenters. The highest BCUT2D eigenvalue weighted by molar-refractivity contribution is 14.1. The Labute approximate surface area is 214 Å². The Morgan fingerprint density at radius 2 is 1.69 bits per heavy atom. The van der Waals surface area contributed by atoms with Gasteiger partial charge in [0.15, 0.2) is 16.9 Å². The number of rotatable bonds is 7. The molecule has 0 unspecified atom stereocenters. The minimum atomic E-state index is -0.444. The van der Waals surface area contributed by atoms with E-state index in [4.69, 9.17) is 9.47 Å². The Morgan fingerprint density at radius 3 is 2.29 bits per heavy atom. The second-order valence-electron chi connectivity index (χ2n) is 7.60. The number of halogens is 1. The fourth-order valence-electron chi connectivity index (χ4n) is 3.77. The number of nitrogens with one attached hydrogen (secondary N) is 1. The third-order valence-electron chi connectivity index (χ3n) is 5.16. The summed E-state index contributed by atoms with van der Waals surface area (Å²) in [5.74, 6) is -0.0386. The van der Waals surface area contributed by atoms with Crippen molar-refractivity contribution in [2.24, 2.45) is 5.10 Å². The second kappa shape index (κ2) is 10.7. The molecule has 0 aliphatic heterocycles. The minimum Gasteiger partial charge on any atom is -0.490 e. The molecular formula is C26H22IN3O5. The van der Waals surface area contributed by atoms with Gasteiger partial charge in [-0.25, -0.2) is 5.43 Å². The molecule has 0 radical (unpaired) electrons. The molecule has 0 saturated carbocycles. The molecule has 1 heterocycles. The predicted molar refractivity (Wildman–Crippen MR) is 143 cm³/mol. The van der Waals surface area contributed by atoms with E-state index < -0.39 is 5.97 Å². The highest BCUT2D eigenvalue weighted by atomic mass is 127. The van der Waals surface area contributed by atoms with Gasteiger partial charge in [-0.15, -0.1) is 0 Å². The number of esters is 1. The predicted octanol–water partition coefficient (Wildman–Crippen LogP) is 4.23. The van der Waals surface area contributed by atoms with Crippen molar-refractivity contribution in [3.8, 4) is 11.5 Å². The lowest BCUT2D eigenvalue weighted by Gasteiger charge is -2.14. The van der Waals surface area contributed by atoms with Gasteiger partial charge in [-0.05, 0) is 71.5 Å². The summed E-state index contributed by atoms with van der Waals surface area (Å²) in [5.41, 5.74) is 4.48. The third kappa shape index (κ3) is 5.35. The molecule has 0 spiro atoms. The van der Waals surface area contributed by atoms with E-state index in [9.17, 15) is 14.4 Å². The molecule has 35 heavy (non-hydrogen) atoms. The summed E-state index contributed by atoms with van der Waals surface area (Å²) in [6, 6.07) is 17.9. The normalized spacial score (nSPS) is 11.2. The van der Waals surface area contributed by atoms with Crippen LogP contribution in [0.25, 0.3) is 21.8 Å². The van der Waals surface area contributed by atoms with Crippen molar-refractivity contribution in [3.63, 3.8) is 0 Å². The number of amides is 1. The van der Waals surface area contributed by atoms with Crippen molar-refractivity contribution >= 4 is 62.5 Å². The average Bonchev–Trinajstić information content (AvgIpc) is 2.84. The summed E-state index contributed by atoms with van der Waals surface area (Å²) in [7, 11) is 0. The zero-order valence-corrected chi connectivity index (χ0v) is 21.2. The average molecular weight is 583 g/mol. The molecular weight excluding hydrogens is 561 g/mol. The maximum atomic E-state index is 12.9.